The quantitative estimate of drug-likeness (QED) is 0.621. The molecule has 0 aliphatic rings. The van der Waals surface area contributed by atoms with Crippen molar-refractivity contribution in [1.29, 1.82) is 0 Å². The van der Waals surface area contributed by atoms with Crippen LogP contribution in [0.4, 0.5) is 14.6 Å². The molecular formula is C22H24F2N4O. The van der Waals surface area contributed by atoms with Crippen molar-refractivity contribution in [1.82, 2.24) is 15.1 Å². The summed E-state index contributed by atoms with van der Waals surface area (Å²) in [6, 6.07) is 13.8. The SMILES string of the molecule is Cc1cc(NC(=O)CN[C@H](c2ccc(F)cc2)C(C)C)n(-c2ccc(F)cc2)n1. The van der Waals surface area contributed by atoms with Crippen LogP contribution in [0.2, 0.25) is 0 Å². The summed E-state index contributed by atoms with van der Waals surface area (Å²) in [5.41, 5.74) is 2.29. The van der Waals surface area contributed by atoms with Gasteiger partial charge in [-0.15, -0.1) is 0 Å². The third-order valence-electron chi connectivity index (χ3n) is 4.55. The van der Waals surface area contributed by atoms with Gasteiger partial charge < -0.3 is 10.6 Å². The van der Waals surface area contributed by atoms with E-state index in [1.807, 2.05) is 20.8 Å². The zero-order valence-electron chi connectivity index (χ0n) is 16.6. The third kappa shape index (κ3) is 5.26. The van der Waals surface area contributed by atoms with E-state index in [0.29, 0.717) is 11.5 Å². The lowest BCUT2D eigenvalue weighted by molar-refractivity contribution is -0.115. The van der Waals surface area contributed by atoms with Crippen LogP contribution in [0.25, 0.3) is 5.69 Å². The maximum Gasteiger partial charge on any atom is 0.239 e. The molecule has 7 heteroatoms. The standard InChI is InChI=1S/C22H24F2N4O/c1-14(2)22(16-4-6-17(23)7-5-16)25-13-21(29)26-20-12-15(3)27-28(20)19-10-8-18(24)9-11-19/h4-12,14,22,25H,13H2,1-3H3,(H,26,29)/t22-/m0/s1. The topological polar surface area (TPSA) is 59.0 Å². The molecule has 1 heterocycles. The Hall–Kier alpha value is -3.06. The van der Waals surface area contributed by atoms with E-state index in [9.17, 15) is 13.6 Å². The van der Waals surface area contributed by atoms with Gasteiger partial charge in [-0.3, -0.25) is 4.79 Å². The van der Waals surface area contributed by atoms with Gasteiger partial charge in [-0.2, -0.15) is 5.10 Å². The molecule has 29 heavy (non-hydrogen) atoms. The number of hydrogen-bond acceptors (Lipinski definition) is 3. The number of rotatable bonds is 7. The molecule has 2 aromatic carbocycles. The summed E-state index contributed by atoms with van der Waals surface area (Å²) >= 11 is 0. The van der Waals surface area contributed by atoms with E-state index in [2.05, 4.69) is 15.7 Å². The molecule has 1 atom stereocenters. The summed E-state index contributed by atoms with van der Waals surface area (Å²) < 4.78 is 28.0. The molecule has 3 rings (SSSR count). The lowest BCUT2D eigenvalue weighted by Crippen LogP contribution is -2.34. The van der Waals surface area contributed by atoms with Gasteiger partial charge in [0, 0.05) is 12.1 Å². The lowest BCUT2D eigenvalue weighted by Gasteiger charge is -2.23. The monoisotopic (exact) mass is 398 g/mol. The first kappa shape index (κ1) is 20.7. The average Bonchev–Trinajstić information content (AvgIpc) is 3.03. The molecule has 0 spiro atoms. The van der Waals surface area contributed by atoms with Crippen LogP contribution in [-0.2, 0) is 4.79 Å². The highest BCUT2D eigenvalue weighted by atomic mass is 19.1. The Labute approximate surface area is 168 Å². The molecule has 0 unspecified atom stereocenters. The molecule has 1 amide bonds. The number of hydrogen-bond donors (Lipinski definition) is 2. The van der Waals surface area contributed by atoms with Gasteiger partial charge in [0.25, 0.3) is 0 Å². The van der Waals surface area contributed by atoms with E-state index in [1.165, 1.54) is 24.3 Å². The molecule has 0 aliphatic heterocycles. The summed E-state index contributed by atoms with van der Waals surface area (Å²) in [5.74, 6) is -0.156. The summed E-state index contributed by atoms with van der Waals surface area (Å²) in [6.45, 7) is 5.96. The largest absolute Gasteiger partial charge is 0.309 e. The fraction of sp³-hybridized carbons (Fsp3) is 0.273. The minimum Gasteiger partial charge on any atom is -0.309 e. The van der Waals surface area contributed by atoms with E-state index in [-0.39, 0.29) is 36.0 Å². The van der Waals surface area contributed by atoms with Gasteiger partial charge in [0.05, 0.1) is 17.9 Å². The fourth-order valence-corrected chi connectivity index (χ4v) is 3.17. The van der Waals surface area contributed by atoms with Gasteiger partial charge in [-0.05, 0) is 54.8 Å². The smallest absolute Gasteiger partial charge is 0.239 e. The van der Waals surface area contributed by atoms with E-state index in [0.717, 1.165) is 11.3 Å². The van der Waals surface area contributed by atoms with E-state index in [1.54, 1.807) is 35.0 Å². The first-order chi connectivity index (χ1) is 13.8. The van der Waals surface area contributed by atoms with Gasteiger partial charge in [0.15, 0.2) is 0 Å². The van der Waals surface area contributed by atoms with Gasteiger partial charge in [-0.25, -0.2) is 13.5 Å². The number of nitrogens with zero attached hydrogens (tertiary/aromatic N) is 2. The van der Waals surface area contributed by atoms with Crippen molar-refractivity contribution < 1.29 is 13.6 Å². The van der Waals surface area contributed by atoms with Gasteiger partial charge >= 0.3 is 0 Å². The Bertz CT molecular complexity index is 965. The normalized spacial score (nSPS) is 12.2. The number of amides is 1. The van der Waals surface area contributed by atoms with Crippen molar-refractivity contribution >= 4 is 11.7 Å². The van der Waals surface area contributed by atoms with Crippen LogP contribution in [0, 0.1) is 24.5 Å². The highest BCUT2D eigenvalue weighted by molar-refractivity contribution is 5.91. The van der Waals surface area contributed by atoms with Crippen LogP contribution < -0.4 is 10.6 Å². The van der Waals surface area contributed by atoms with Crippen molar-refractivity contribution in [3.05, 3.63) is 77.5 Å². The highest BCUT2D eigenvalue weighted by Crippen LogP contribution is 2.22. The molecule has 2 N–H and O–H groups in total. The van der Waals surface area contributed by atoms with E-state index >= 15 is 0 Å². The van der Waals surface area contributed by atoms with E-state index < -0.39 is 0 Å². The molecular weight excluding hydrogens is 374 g/mol. The Morgan fingerprint density at radius 2 is 1.62 bits per heavy atom. The lowest BCUT2D eigenvalue weighted by atomic mass is 9.96. The van der Waals surface area contributed by atoms with Crippen LogP contribution in [0.5, 0.6) is 0 Å². The van der Waals surface area contributed by atoms with Crippen molar-refractivity contribution in [2.24, 2.45) is 5.92 Å². The number of benzene rings is 2. The van der Waals surface area contributed by atoms with Crippen LogP contribution in [-0.4, -0.2) is 22.2 Å². The third-order valence-corrected chi connectivity index (χ3v) is 4.55. The maximum absolute atomic E-state index is 13.2. The molecule has 152 valence electrons. The van der Waals surface area contributed by atoms with Crippen LogP contribution >= 0.6 is 0 Å². The predicted molar refractivity (Wildman–Crippen MR) is 109 cm³/mol. The summed E-state index contributed by atoms with van der Waals surface area (Å²) in [6.07, 6.45) is 0. The number of carbonyl (C=O) groups is 1. The number of aryl methyl sites for hydroxylation is 1. The molecule has 0 bridgehead atoms. The van der Waals surface area contributed by atoms with Crippen LogP contribution in [0.15, 0.2) is 54.6 Å². The van der Waals surface area contributed by atoms with Crippen molar-refractivity contribution in [3.8, 4) is 5.69 Å². The van der Waals surface area contributed by atoms with Crippen LogP contribution in [0.1, 0.15) is 31.1 Å². The second-order valence-electron chi connectivity index (χ2n) is 7.26. The second kappa shape index (κ2) is 8.96. The zero-order chi connectivity index (χ0) is 21.0. The molecule has 3 aromatic rings. The molecule has 0 radical (unpaired) electrons. The second-order valence-corrected chi connectivity index (χ2v) is 7.26. The first-order valence-corrected chi connectivity index (χ1v) is 9.45. The molecule has 1 aromatic heterocycles. The maximum atomic E-state index is 13.2. The van der Waals surface area contributed by atoms with Crippen molar-refractivity contribution in [2.75, 3.05) is 11.9 Å². The highest BCUT2D eigenvalue weighted by Gasteiger charge is 2.18. The van der Waals surface area contributed by atoms with Crippen molar-refractivity contribution in [3.63, 3.8) is 0 Å². The predicted octanol–water partition coefficient (Wildman–Crippen LogP) is 4.38. The van der Waals surface area contributed by atoms with Gasteiger partial charge in [0.2, 0.25) is 5.91 Å². The number of aromatic nitrogens is 2. The first-order valence-electron chi connectivity index (χ1n) is 9.45. The Balaban J connectivity index is 1.69. The summed E-state index contributed by atoms with van der Waals surface area (Å²) in [4.78, 5) is 12.5. The molecule has 0 fully saturated rings. The van der Waals surface area contributed by atoms with E-state index in [4.69, 9.17) is 0 Å². The zero-order valence-corrected chi connectivity index (χ0v) is 16.6. The number of anilines is 1. The van der Waals surface area contributed by atoms with Gasteiger partial charge in [-0.1, -0.05) is 26.0 Å². The van der Waals surface area contributed by atoms with Gasteiger partial charge in [0.1, 0.15) is 17.5 Å². The molecule has 0 saturated heterocycles. The van der Waals surface area contributed by atoms with Crippen LogP contribution in [0.3, 0.4) is 0 Å². The minimum absolute atomic E-state index is 0.0773. The summed E-state index contributed by atoms with van der Waals surface area (Å²) in [5, 5.41) is 10.4. The number of halogens is 2. The minimum atomic E-state index is -0.340. The molecule has 0 saturated carbocycles. The van der Waals surface area contributed by atoms with Crippen molar-refractivity contribution in [2.45, 2.75) is 26.8 Å². The number of carbonyl (C=O) groups excluding carboxylic acids is 1. The average molecular weight is 398 g/mol. The summed E-state index contributed by atoms with van der Waals surface area (Å²) in [7, 11) is 0. The Morgan fingerprint density at radius 1 is 1.03 bits per heavy atom. The molecule has 5 nitrogen and oxygen atoms in total. The Kier molecular flexibility index (Phi) is 6.39. The molecule has 0 aliphatic carbocycles. The Morgan fingerprint density at radius 3 is 2.21 bits per heavy atom. The fourth-order valence-electron chi connectivity index (χ4n) is 3.17. The number of nitrogens with one attached hydrogen (secondary N) is 2.